The number of para-hydroxylation sites is 3. The lowest BCUT2D eigenvalue weighted by Gasteiger charge is -2.21. The van der Waals surface area contributed by atoms with Crippen molar-refractivity contribution in [2.75, 3.05) is 0 Å². The van der Waals surface area contributed by atoms with Gasteiger partial charge in [-0.3, -0.25) is 4.57 Å². The molecule has 276 valence electrons. The summed E-state index contributed by atoms with van der Waals surface area (Å²) in [6.07, 6.45) is 0. The van der Waals surface area contributed by atoms with Crippen molar-refractivity contribution >= 4 is 76.1 Å². The van der Waals surface area contributed by atoms with Gasteiger partial charge in [-0.25, -0.2) is 9.97 Å². The molecule has 3 aromatic heterocycles. The van der Waals surface area contributed by atoms with Crippen molar-refractivity contribution in [1.82, 2.24) is 19.1 Å². The molecule has 0 spiro atoms. The molecule has 1 aliphatic carbocycles. The molecular weight excluding hydrogens is 717 g/mol. The van der Waals surface area contributed by atoms with Crippen molar-refractivity contribution in [3.63, 3.8) is 0 Å². The first-order chi connectivity index (χ1) is 29.0. The third-order valence-corrected chi connectivity index (χ3v) is 13.1. The van der Waals surface area contributed by atoms with Crippen LogP contribution < -0.4 is 0 Å². The lowest BCUT2D eigenvalue weighted by atomic mass is 9.82. The number of rotatable bonds is 3. The highest BCUT2D eigenvalue weighted by Gasteiger charge is 2.37. The second kappa shape index (κ2) is 11.7. The fourth-order valence-electron chi connectivity index (χ4n) is 10.5. The monoisotopic (exact) mass is 752 g/mol. The van der Waals surface area contributed by atoms with Crippen LogP contribution >= 0.6 is 0 Å². The Hall–Kier alpha value is -7.56. The van der Waals surface area contributed by atoms with Crippen molar-refractivity contribution in [3.05, 3.63) is 193 Å². The third-order valence-electron chi connectivity index (χ3n) is 13.1. The van der Waals surface area contributed by atoms with Crippen molar-refractivity contribution < 1.29 is 0 Å². The summed E-state index contributed by atoms with van der Waals surface area (Å²) >= 11 is 0. The Morgan fingerprint density at radius 2 is 1.07 bits per heavy atom. The van der Waals surface area contributed by atoms with Gasteiger partial charge in [0.2, 0.25) is 5.95 Å². The fourth-order valence-corrected chi connectivity index (χ4v) is 10.5. The zero-order valence-corrected chi connectivity index (χ0v) is 32.6. The Bertz CT molecular complexity index is 3770. The highest BCUT2D eigenvalue weighted by molar-refractivity contribution is 6.22. The predicted octanol–water partition coefficient (Wildman–Crippen LogP) is 14.1. The molecule has 0 bridgehead atoms. The van der Waals surface area contributed by atoms with E-state index < -0.39 is 0 Å². The summed E-state index contributed by atoms with van der Waals surface area (Å²) in [5.41, 5.74) is 13.8. The van der Waals surface area contributed by atoms with Crippen molar-refractivity contribution in [2.45, 2.75) is 19.3 Å². The maximum atomic E-state index is 5.59. The van der Waals surface area contributed by atoms with Crippen molar-refractivity contribution in [2.24, 2.45) is 0 Å². The van der Waals surface area contributed by atoms with E-state index in [4.69, 9.17) is 9.97 Å². The number of hydrogen-bond donors (Lipinski definition) is 0. The summed E-state index contributed by atoms with van der Waals surface area (Å²) in [4.78, 5) is 10.9. The second-order valence-electron chi connectivity index (χ2n) is 16.5. The van der Waals surface area contributed by atoms with Crippen LogP contribution in [0.1, 0.15) is 25.0 Å². The summed E-state index contributed by atoms with van der Waals surface area (Å²) in [5.74, 6) is 0.665. The molecule has 4 nitrogen and oxygen atoms in total. The number of hydrogen-bond acceptors (Lipinski definition) is 2. The minimum absolute atomic E-state index is 0.118. The molecular formula is C55H36N4. The first-order valence-electron chi connectivity index (χ1n) is 20.4. The van der Waals surface area contributed by atoms with Gasteiger partial charge < -0.3 is 4.57 Å². The minimum atomic E-state index is -0.118. The fraction of sp³-hybridized carbons (Fsp3) is 0.0545. The van der Waals surface area contributed by atoms with Crippen LogP contribution in [-0.2, 0) is 5.41 Å². The van der Waals surface area contributed by atoms with Crippen LogP contribution in [0.15, 0.2) is 182 Å². The SMILES string of the molecule is CC1(C)c2ccccc2-c2c(-c3nc(-n4c5ccccc5c5cc6c(-n7c8ccccc8c8c9ccccc9ccc87)cccc6cc54)nc4ccccc34)cccc21. The van der Waals surface area contributed by atoms with E-state index in [0.717, 1.165) is 44.3 Å². The standard InChI is InChI=1S/C55H36N4/c1-55(2)43-23-9-5-19-37(43)51-40(22-14-24-44(51)55)53-38-20-6-10-25-45(38)56-54(57-53)59-46-26-11-7-18-36(46)42-32-41-34(31-50(42)59)16-13-28-48(41)58-47-27-12-8-21-39(47)52-35-17-4-3-15-33(35)29-30-49(52)58/h3-32H,1-2H3. The molecule has 3 heterocycles. The Kier molecular flexibility index (Phi) is 6.48. The summed E-state index contributed by atoms with van der Waals surface area (Å²) in [7, 11) is 0. The first-order valence-corrected chi connectivity index (χ1v) is 20.4. The molecule has 4 heteroatoms. The van der Waals surface area contributed by atoms with E-state index in [-0.39, 0.29) is 5.41 Å². The molecule has 0 radical (unpaired) electrons. The normalized spacial score (nSPS) is 13.4. The lowest BCUT2D eigenvalue weighted by molar-refractivity contribution is 0.660. The van der Waals surface area contributed by atoms with Crippen LogP contribution in [0, 0.1) is 0 Å². The molecule has 59 heavy (non-hydrogen) atoms. The largest absolute Gasteiger partial charge is 0.309 e. The molecule has 0 amide bonds. The molecule has 0 N–H and O–H groups in total. The molecule has 0 aliphatic heterocycles. The smallest absolute Gasteiger partial charge is 0.235 e. The maximum Gasteiger partial charge on any atom is 0.235 e. The predicted molar refractivity (Wildman–Crippen MR) is 246 cm³/mol. The summed E-state index contributed by atoms with van der Waals surface area (Å²) in [6, 6.07) is 66.3. The van der Waals surface area contributed by atoms with Gasteiger partial charge in [-0.05, 0) is 80.9 Å². The molecule has 13 rings (SSSR count). The Morgan fingerprint density at radius 1 is 0.407 bits per heavy atom. The summed E-state index contributed by atoms with van der Waals surface area (Å²) < 4.78 is 4.74. The van der Waals surface area contributed by atoms with E-state index in [1.165, 1.54) is 71.0 Å². The van der Waals surface area contributed by atoms with Gasteiger partial charge in [-0.15, -0.1) is 0 Å². The lowest BCUT2D eigenvalue weighted by Crippen LogP contribution is -2.14. The van der Waals surface area contributed by atoms with Crippen LogP contribution in [0.4, 0.5) is 0 Å². The van der Waals surface area contributed by atoms with E-state index in [1.807, 2.05) is 0 Å². The zero-order valence-electron chi connectivity index (χ0n) is 32.6. The average molecular weight is 753 g/mol. The molecule has 0 unspecified atom stereocenters. The Balaban J connectivity index is 1.09. The van der Waals surface area contributed by atoms with Crippen LogP contribution in [0.3, 0.4) is 0 Å². The Labute approximate surface area is 340 Å². The van der Waals surface area contributed by atoms with Gasteiger partial charge in [0.05, 0.1) is 39.0 Å². The van der Waals surface area contributed by atoms with Gasteiger partial charge in [0.1, 0.15) is 0 Å². The molecule has 0 saturated heterocycles. The molecule has 9 aromatic carbocycles. The van der Waals surface area contributed by atoms with Crippen LogP contribution in [0.5, 0.6) is 0 Å². The number of benzene rings is 9. The highest BCUT2D eigenvalue weighted by atomic mass is 15.2. The molecule has 12 aromatic rings. The first kappa shape index (κ1) is 32.5. The van der Waals surface area contributed by atoms with Gasteiger partial charge in [0.25, 0.3) is 0 Å². The molecule has 0 saturated carbocycles. The highest BCUT2D eigenvalue weighted by Crippen LogP contribution is 2.52. The van der Waals surface area contributed by atoms with Gasteiger partial charge in [0.15, 0.2) is 0 Å². The minimum Gasteiger partial charge on any atom is -0.309 e. The van der Waals surface area contributed by atoms with E-state index in [9.17, 15) is 0 Å². The van der Waals surface area contributed by atoms with Gasteiger partial charge >= 0.3 is 0 Å². The summed E-state index contributed by atoms with van der Waals surface area (Å²) in [5, 5.41) is 10.8. The van der Waals surface area contributed by atoms with Crippen LogP contribution in [0.2, 0.25) is 0 Å². The number of aromatic nitrogens is 4. The molecule has 0 fully saturated rings. The van der Waals surface area contributed by atoms with E-state index in [2.05, 4.69) is 205 Å². The van der Waals surface area contributed by atoms with Crippen molar-refractivity contribution in [1.29, 1.82) is 0 Å². The number of nitrogens with zero attached hydrogens (tertiary/aromatic N) is 4. The molecule has 1 aliphatic rings. The quantitative estimate of drug-likeness (QED) is 0.180. The zero-order chi connectivity index (χ0) is 39.0. The van der Waals surface area contributed by atoms with E-state index >= 15 is 0 Å². The van der Waals surface area contributed by atoms with E-state index in [0.29, 0.717) is 5.95 Å². The van der Waals surface area contributed by atoms with E-state index in [1.54, 1.807) is 0 Å². The average Bonchev–Trinajstić information content (AvgIpc) is 3.88. The third kappa shape index (κ3) is 4.38. The maximum absolute atomic E-state index is 5.59. The van der Waals surface area contributed by atoms with Crippen LogP contribution in [-0.4, -0.2) is 19.1 Å². The van der Waals surface area contributed by atoms with Gasteiger partial charge in [-0.2, -0.15) is 0 Å². The van der Waals surface area contributed by atoms with Crippen molar-refractivity contribution in [3.8, 4) is 34.0 Å². The van der Waals surface area contributed by atoms with Crippen LogP contribution in [0.25, 0.3) is 110 Å². The second-order valence-corrected chi connectivity index (χ2v) is 16.5. The Morgan fingerprint density at radius 3 is 1.95 bits per heavy atom. The molecule has 0 atom stereocenters. The topological polar surface area (TPSA) is 35.6 Å². The number of fused-ring (bicyclic) bond motifs is 13. The van der Waals surface area contributed by atoms with Gasteiger partial charge in [-0.1, -0.05) is 153 Å². The summed E-state index contributed by atoms with van der Waals surface area (Å²) in [6.45, 7) is 4.67. The van der Waals surface area contributed by atoms with Gasteiger partial charge in [0, 0.05) is 43.3 Å².